The summed E-state index contributed by atoms with van der Waals surface area (Å²) < 4.78 is 15.7. The molecule has 0 aliphatic rings. The first-order valence-corrected chi connectivity index (χ1v) is 7.51. The van der Waals surface area contributed by atoms with Crippen LogP contribution in [0.5, 0.6) is 0 Å². The molecule has 1 N–H and O–H groups in total. The molecule has 0 spiro atoms. The van der Waals surface area contributed by atoms with Crippen LogP contribution in [0, 0.1) is 18.7 Å². The second kappa shape index (κ2) is 7.05. The molecule has 0 unspecified atom stereocenters. The molecular formula is C16H21ClFN3. The number of nitrogens with zero attached hydrogens (tertiary/aromatic N) is 2. The third-order valence-corrected chi connectivity index (χ3v) is 3.57. The lowest BCUT2D eigenvalue weighted by atomic mass is 10.2. The average molecular weight is 310 g/mol. The number of benzene rings is 1. The Labute approximate surface area is 130 Å². The van der Waals surface area contributed by atoms with Crippen molar-refractivity contribution >= 4 is 11.6 Å². The van der Waals surface area contributed by atoms with Crippen LogP contribution in [0.4, 0.5) is 4.39 Å². The molecule has 3 nitrogen and oxygen atoms in total. The highest BCUT2D eigenvalue weighted by molar-refractivity contribution is 6.30. The standard InChI is InChI=1S/C16H21ClFN3/c1-11(2)7-19-8-14-10-21(20-12(14)3)9-13-5-4-6-15(17)16(13)18/h4-6,10-11,19H,7-9H2,1-3H3. The number of aryl methyl sites for hydroxylation is 1. The number of nitrogens with one attached hydrogen (secondary N) is 1. The van der Waals surface area contributed by atoms with Crippen LogP contribution in [-0.2, 0) is 13.1 Å². The van der Waals surface area contributed by atoms with Gasteiger partial charge in [0.25, 0.3) is 0 Å². The van der Waals surface area contributed by atoms with E-state index in [1.165, 1.54) is 0 Å². The van der Waals surface area contributed by atoms with Gasteiger partial charge in [-0.3, -0.25) is 4.68 Å². The van der Waals surface area contributed by atoms with Gasteiger partial charge in [0.05, 0.1) is 17.3 Å². The largest absolute Gasteiger partial charge is 0.312 e. The predicted octanol–water partition coefficient (Wildman–Crippen LogP) is 3.78. The highest BCUT2D eigenvalue weighted by Gasteiger charge is 2.09. The van der Waals surface area contributed by atoms with Crippen molar-refractivity contribution < 1.29 is 4.39 Å². The van der Waals surface area contributed by atoms with Crippen molar-refractivity contribution in [2.24, 2.45) is 5.92 Å². The summed E-state index contributed by atoms with van der Waals surface area (Å²) >= 11 is 5.80. The summed E-state index contributed by atoms with van der Waals surface area (Å²) in [6.45, 7) is 8.45. The Morgan fingerprint density at radius 3 is 2.81 bits per heavy atom. The Morgan fingerprint density at radius 1 is 1.33 bits per heavy atom. The molecule has 0 radical (unpaired) electrons. The Kier molecular flexibility index (Phi) is 5.37. The quantitative estimate of drug-likeness (QED) is 0.880. The third kappa shape index (κ3) is 4.29. The molecule has 5 heteroatoms. The monoisotopic (exact) mass is 309 g/mol. The van der Waals surface area contributed by atoms with E-state index in [9.17, 15) is 4.39 Å². The lowest BCUT2D eigenvalue weighted by Crippen LogP contribution is -2.19. The van der Waals surface area contributed by atoms with E-state index in [2.05, 4.69) is 24.3 Å². The lowest BCUT2D eigenvalue weighted by Gasteiger charge is -2.06. The SMILES string of the molecule is Cc1nn(Cc2cccc(Cl)c2F)cc1CNCC(C)C. The van der Waals surface area contributed by atoms with Gasteiger partial charge < -0.3 is 5.32 Å². The van der Waals surface area contributed by atoms with Gasteiger partial charge in [0, 0.05) is 23.9 Å². The molecular weight excluding hydrogens is 289 g/mol. The third-order valence-electron chi connectivity index (χ3n) is 3.28. The van der Waals surface area contributed by atoms with E-state index in [0.717, 1.165) is 24.3 Å². The van der Waals surface area contributed by atoms with Crippen LogP contribution in [0.15, 0.2) is 24.4 Å². The second-order valence-corrected chi connectivity index (χ2v) is 6.08. The molecule has 2 rings (SSSR count). The zero-order chi connectivity index (χ0) is 15.4. The van der Waals surface area contributed by atoms with Gasteiger partial charge in [-0.15, -0.1) is 0 Å². The molecule has 2 aromatic rings. The van der Waals surface area contributed by atoms with E-state index >= 15 is 0 Å². The summed E-state index contributed by atoms with van der Waals surface area (Å²) in [6, 6.07) is 5.03. The van der Waals surface area contributed by atoms with Gasteiger partial charge in [-0.05, 0) is 25.5 Å². The van der Waals surface area contributed by atoms with Crippen LogP contribution in [0.3, 0.4) is 0 Å². The summed E-state index contributed by atoms with van der Waals surface area (Å²) in [6.07, 6.45) is 1.96. The maximum atomic E-state index is 13.9. The first-order valence-electron chi connectivity index (χ1n) is 7.14. The molecule has 1 aromatic carbocycles. The first-order chi connectivity index (χ1) is 9.97. The lowest BCUT2D eigenvalue weighted by molar-refractivity contribution is 0.551. The van der Waals surface area contributed by atoms with E-state index in [4.69, 9.17) is 11.6 Å². The van der Waals surface area contributed by atoms with Gasteiger partial charge in [0.15, 0.2) is 0 Å². The molecule has 0 atom stereocenters. The molecule has 0 saturated heterocycles. The van der Waals surface area contributed by atoms with Gasteiger partial charge in [0.1, 0.15) is 5.82 Å². The minimum absolute atomic E-state index is 0.148. The van der Waals surface area contributed by atoms with Gasteiger partial charge >= 0.3 is 0 Å². The van der Waals surface area contributed by atoms with Crippen molar-refractivity contribution in [2.75, 3.05) is 6.54 Å². The summed E-state index contributed by atoms with van der Waals surface area (Å²) in [5.41, 5.74) is 2.65. The van der Waals surface area contributed by atoms with Crippen LogP contribution < -0.4 is 5.32 Å². The van der Waals surface area contributed by atoms with E-state index < -0.39 is 0 Å². The number of aromatic nitrogens is 2. The Balaban J connectivity index is 2.06. The van der Waals surface area contributed by atoms with Crippen LogP contribution in [0.2, 0.25) is 5.02 Å². The number of hydrogen-bond donors (Lipinski definition) is 1. The molecule has 0 fully saturated rings. The maximum Gasteiger partial charge on any atom is 0.146 e. The summed E-state index contributed by atoms with van der Waals surface area (Å²) in [5.74, 6) is 0.243. The van der Waals surface area contributed by atoms with Crippen LogP contribution in [-0.4, -0.2) is 16.3 Å². The first kappa shape index (κ1) is 16.0. The summed E-state index contributed by atoms with van der Waals surface area (Å²) in [7, 11) is 0. The van der Waals surface area contributed by atoms with Crippen molar-refractivity contribution in [3.8, 4) is 0 Å². The zero-order valence-corrected chi connectivity index (χ0v) is 13.4. The van der Waals surface area contributed by atoms with Gasteiger partial charge in [-0.1, -0.05) is 37.6 Å². The van der Waals surface area contributed by atoms with Gasteiger partial charge in [-0.25, -0.2) is 4.39 Å². The molecule has 0 bridgehead atoms. The van der Waals surface area contributed by atoms with E-state index in [1.54, 1.807) is 22.9 Å². The van der Waals surface area contributed by atoms with E-state index in [0.29, 0.717) is 18.0 Å². The number of halogens is 2. The fourth-order valence-corrected chi connectivity index (χ4v) is 2.35. The Hall–Kier alpha value is -1.39. The van der Waals surface area contributed by atoms with Crippen molar-refractivity contribution in [2.45, 2.75) is 33.9 Å². The van der Waals surface area contributed by atoms with Crippen LogP contribution >= 0.6 is 11.6 Å². The highest BCUT2D eigenvalue weighted by Crippen LogP contribution is 2.19. The number of hydrogen-bond acceptors (Lipinski definition) is 2. The molecule has 0 saturated carbocycles. The van der Waals surface area contributed by atoms with Crippen molar-refractivity contribution in [3.63, 3.8) is 0 Å². The molecule has 21 heavy (non-hydrogen) atoms. The van der Waals surface area contributed by atoms with E-state index in [1.807, 2.05) is 13.1 Å². The second-order valence-electron chi connectivity index (χ2n) is 5.68. The minimum atomic E-state index is -0.369. The number of rotatable bonds is 6. The minimum Gasteiger partial charge on any atom is -0.312 e. The summed E-state index contributed by atoms with van der Waals surface area (Å²) in [5, 5.41) is 7.98. The topological polar surface area (TPSA) is 29.9 Å². The molecule has 0 amide bonds. The Morgan fingerprint density at radius 2 is 2.10 bits per heavy atom. The van der Waals surface area contributed by atoms with Gasteiger partial charge in [-0.2, -0.15) is 5.10 Å². The van der Waals surface area contributed by atoms with Gasteiger partial charge in [0.2, 0.25) is 0 Å². The fraction of sp³-hybridized carbons (Fsp3) is 0.438. The van der Waals surface area contributed by atoms with Crippen molar-refractivity contribution in [1.82, 2.24) is 15.1 Å². The van der Waals surface area contributed by atoms with E-state index in [-0.39, 0.29) is 10.8 Å². The van der Waals surface area contributed by atoms with Crippen molar-refractivity contribution in [1.29, 1.82) is 0 Å². The smallest absolute Gasteiger partial charge is 0.146 e. The molecule has 0 aliphatic heterocycles. The predicted molar refractivity (Wildman–Crippen MR) is 84.0 cm³/mol. The van der Waals surface area contributed by atoms with Crippen LogP contribution in [0.25, 0.3) is 0 Å². The van der Waals surface area contributed by atoms with Crippen molar-refractivity contribution in [3.05, 3.63) is 52.1 Å². The highest BCUT2D eigenvalue weighted by atomic mass is 35.5. The molecule has 114 valence electrons. The molecule has 0 aliphatic carbocycles. The Bertz CT molecular complexity index is 608. The summed E-state index contributed by atoms with van der Waals surface area (Å²) in [4.78, 5) is 0. The average Bonchev–Trinajstić information content (AvgIpc) is 2.75. The maximum absolute atomic E-state index is 13.9. The van der Waals surface area contributed by atoms with Crippen LogP contribution in [0.1, 0.15) is 30.7 Å². The fourth-order valence-electron chi connectivity index (χ4n) is 2.15. The zero-order valence-electron chi connectivity index (χ0n) is 12.7. The normalized spacial score (nSPS) is 11.3. The molecule has 1 heterocycles. The molecule has 1 aromatic heterocycles.